The van der Waals surface area contributed by atoms with Gasteiger partial charge in [-0.25, -0.2) is 17.5 Å². The first-order valence-corrected chi connectivity index (χ1v) is 8.11. The second kappa shape index (κ2) is 5.66. The van der Waals surface area contributed by atoms with Gasteiger partial charge in [0.25, 0.3) is 0 Å². The van der Waals surface area contributed by atoms with Crippen LogP contribution in [0.15, 0.2) is 21.5 Å². The van der Waals surface area contributed by atoms with Gasteiger partial charge in [0.2, 0.25) is 15.9 Å². The topological polar surface area (TPSA) is 101 Å². The van der Waals surface area contributed by atoms with Gasteiger partial charge in [-0.2, -0.15) is 0 Å². The first-order valence-electron chi connectivity index (χ1n) is 5.83. The summed E-state index contributed by atoms with van der Waals surface area (Å²) in [7, 11) is -4.14. The van der Waals surface area contributed by atoms with Gasteiger partial charge in [0.05, 0.1) is 11.0 Å². The smallest absolute Gasteiger partial charge is 0.244 e. The lowest BCUT2D eigenvalue weighted by atomic mass is 10.3. The van der Waals surface area contributed by atoms with E-state index in [0.29, 0.717) is 0 Å². The largest absolute Gasteiger partial charge is 0.399 e. The van der Waals surface area contributed by atoms with E-state index in [2.05, 4.69) is 21.2 Å². The van der Waals surface area contributed by atoms with E-state index in [9.17, 15) is 17.6 Å². The second-order valence-corrected chi connectivity index (χ2v) is 7.07. The zero-order valence-corrected chi connectivity index (χ0v) is 12.7. The Morgan fingerprint density at radius 1 is 1.45 bits per heavy atom. The summed E-state index contributed by atoms with van der Waals surface area (Å²) < 4.78 is 39.7. The number of hydrogen-bond donors (Lipinski definition) is 3. The number of nitrogen functional groups attached to an aromatic ring is 1. The van der Waals surface area contributed by atoms with Crippen molar-refractivity contribution in [1.29, 1.82) is 0 Å². The highest BCUT2D eigenvalue weighted by Gasteiger charge is 2.25. The van der Waals surface area contributed by atoms with E-state index in [1.807, 2.05) is 4.72 Å². The molecule has 0 unspecified atom stereocenters. The maximum absolute atomic E-state index is 13.8. The van der Waals surface area contributed by atoms with E-state index < -0.39 is 33.2 Å². The Kier molecular flexibility index (Phi) is 4.31. The average molecular weight is 366 g/mol. The van der Waals surface area contributed by atoms with E-state index in [1.54, 1.807) is 0 Å². The van der Waals surface area contributed by atoms with Crippen molar-refractivity contribution in [3.63, 3.8) is 0 Å². The van der Waals surface area contributed by atoms with Crippen LogP contribution in [0.1, 0.15) is 12.8 Å². The first kappa shape index (κ1) is 15.2. The summed E-state index contributed by atoms with van der Waals surface area (Å²) in [5, 5.41) is 2.62. The van der Waals surface area contributed by atoms with Crippen molar-refractivity contribution < 1.29 is 17.6 Å². The Labute approximate surface area is 124 Å². The summed E-state index contributed by atoms with van der Waals surface area (Å²) in [4.78, 5) is 10.8. The minimum Gasteiger partial charge on any atom is -0.399 e. The van der Waals surface area contributed by atoms with E-state index in [4.69, 9.17) is 5.73 Å². The molecule has 4 N–H and O–H groups in total. The van der Waals surface area contributed by atoms with Crippen LogP contribution in [0.4, 0.5) is 10.1 Å². The fourth-order valence-corrected chi connectivity index (χ4v) is 3.25. The van der Waals surface area contributed by atoms with Crippen molar-refractivity contribution in [3.8, 4) is 0 Å². The molecule has 1 amide bonds. The fourth-order valence-electron chi connectivity index (χ4n) is 1.52. The standard InChI is InChI=1S/C11H13BrFN3O3S/c12-8-3-6(14)4-9(11(8)13)20(18,19)15-5-10(17)16-7-1-2-7/h3-4,7,15H,1-2,5,14H2,(H,16,17). The number of halogens is 2. The summed E-state index contributed by atoms with van der Waals surface area (Å²) in [6.45, 7) is -0.440. The zero-order chi connectivity index (χ0) is 14.9. The van der Waals surface area contributed by atoms with Gasteiger partial charge in [-0.15, -0.1) is 0 Å². The van der Waals surface area contributed by atoms with Gasteiger partial charge < -0.3 is 11.1 Å². The van der Waals surface area contributed by atoms with Gasteiger partial charge in [0.1, 0.15) is 4.90 Å². The number of carbonyl (C=O) groups is 1. The van der Waals surface area contributed by atoms with Gasteiger partial charge in [-0.1, -0.05) is 0 Å². The zero-order valence-electron chi connectivity index (χ0n) is 10.3. The van der Waals surface area contributed by atoms with Gasteiger partial charge in [-0.05, 0) is 40.9 Å². The molecule has 1 saturated carbocycles. The van der Waals surface area contributed by atoms with Gasteiger partial charge >= 0.3 is 0 Å². The van der Waals surface area contributed by atoms with Crippen molar-refractivity contribution in [3.05, 3.63) is 22.4 Å². The molecule has 6 nitrogen and oxygen atoms in total. The monoisotopic (exact) mass is 365 g/mol. The number of nitrogens with one attached hydrogen (secondary N) is 2. The van der Waals surface area contributed by atoms with Crippen LogP contribution in [0.2, 0.25) is 0 Å². The number of nitrogens with two attached hydrogens (primary N) is 1. The first-order chi connectivity index (χ1) is 9.29. The second-order valence-electron chi connectivity index (χ2n) is 4.48. The number of carbonyl (C=O) groups excluding carboxylic acids is 1. The van der Waals surface area contributed by atoms with Crippen LogP contribution in [0.5, 0.6) is 0 Å². The number of benzene rings is 1. The Morgan fingerprint density at radius 2 is 2.10 bits per heavy atom. The summed E-state index contributed by atoms with van der Waals surface area (Å²) in [6.07, 6.45) is 1.80. The third kappa shape index (κ3) is 3.68. The van der Waals surface area contributed by atoms with Crippen LogP contribution in [-0.2, 0) is 14.8 Å². The molecule has 1 fully saturated rings. The van der Waals surface area contributed by atoms with Crippen LogP contribution in [0.25, 0.3) is 0 Å². The number of anilines is 1. The Balaban J connectivity index is 2.11. The van der Waals surface area contributed by atoms with Crippen LogP contribution in [0, 0.1) is 5.82 Å². The van der Waals surface area contributed by atoms with Gasteiger partial charge in [-0.3, -0.25) is 4.79 Å². The Bertz CT molecular complexity index is 647. The lowest BCUT2D eigenvalue weighted by Crippen LogP contribution is -2.38. The fraction of sp³-hybridized carbons (Fsp3) is 0.364. The van der Waals surface area contributed by atoms with Crippen LogP contribution < -0.4 is 15.8 Å². The molecule has 110 valence electrons. The molecule has 0 aromatic heterocycles. The minimum absolute atomic E-state index is 0.0553. The third-order valence-electron chi connectivity index (χ3n) is 2.67. The van der Waals surface area contributed by atoms with E-state index in [0.717, 1.165) is 18.9 Å². The molecule has 2 rings (SSSR count). The Morgan fingerprint density at radius 3 is 2.70 bits per heavy atom. The molecule has 0 saturated heterocycles. The minimum atomic E-state index is -4.14. The third-order valence-corrected chi connectivity index (χ3v) is 4.65. The molecule has 0 aliphatic heterocycles. The van der Waals surface area contributed by atoms with E-state index in [-0.39, 0.29) is 16.2 Å². The molecule has 0 spiro atoms. The highest BCUT2D eigenvalue weighted by Crippen LogP contribution is 2.25. The van der Waals surface area contributed by atoms with Crippen molar-refractivity contribution >= 4 is 37.5 Å². The highest BCUT2D eigenvalue weighted by atomic mass is 79.9. The maximum Gasteiger partial charge on any atom is 0.244 e. The van der Waals surface area contributed by atoms with E-state index in [1.165, 1.54) is 6.07 Å². The predicted octanol–water partition coefficient (Wildman–Crippen LogP) is 0.727. The molecule has 0 radical (unpaired) electrons. The highest BCUT2D eigenvalue weighted by molar-refractivity contribution is 9.10. The normalized spacial score (nSPS) is 15.1. The molecule has 0 bridgehead atoms. The quantitative estimate of drug-likeness (QED) is 0.669. The summed E-state index contributed by atoms with van der Waals surface area (Å²) >= 11 is 2.88. The van der Waals surface area contributed by atoms with Crippen LogP contribution >= 0.6 is 15.9 Å². The molecule has 1 aliphatic carbocycles. The molecular weight excluding hydrogens is 353 g/mol. The lowest BCUT2D eigenvalue weighted by molar-refractivity contribution is -0.120. The van der Waals surface area contributed by atoms with Crippen LogP contribution in [0.3, 0.4) is 0 Å². The van der Waals surface area contributed by atoms with Gasteiger partial charge in [0, 0.05) is 11.7 Å². The SMILES string of the molecule is Nc1cc(Br)c(F)c(S(=O)(=O)NCC(=O)NC2CC2)c1. The summed E-state index contributed by atoms with van der Waals surface area (Å²) in [6, 6.07) is 2.39. The molecule has 0 atom stereocenters. The molecule has 1 aromatic rings. The number of amides is 1. The van der Waals surface area contributed by atoms with Crippen molar-refractivity contribution in [1.82, 2.24) is 10.0 Å². The molecule has 20 heavy (non-hydrogen) atoms. The summed E-state index contributed by atoms with van der Waals surface area (Å²) in [5.74, 6) is -1.39. The lowest BCUT2D eigenvalue weighted by Gasteiger charge is -2.09. The van der Waals surface area contributed by atoms with Gasteiger partial charge in [0.15, 0.2) is 5.82 Å². The predicted molar refractivity (Wildman–Crippen MR) is 74.9 cm³/mol. The Hall–Kier alpha value is -1.19. The average Bonchev–Trinajstić information content (AvgIpc) is 3.15. The molecule has 0 heterocycles. The van der Waals surface area contributed by atoms with Crippen molar-refractivity contribution in [2.45, 2.75) is 23.8 Å². The van der Waals surface area contributed by atoms with Crippen molar-refractivity contribution in [2.75, 3.05) is 12.3 Å². The molecular formula is C11H13BrFN3O3S. The molecule has 1 aromatic carbocycles. The summed E-state index contributed by atoms with van der Waals surface area (Å²) in [5.41, 5.74) is 5.59. The van der Waals surface area contributed by atoms with E-state index >= 15 is 0 Å². The van der Waals surface area contributed by atoms with Crippen molar-refractivity contribution in [2.24, 2.45) is 0 Å². The molecule has 1 aliphatic rings. The maximum atomic E-state index is 13.8. The van der Waals surface area contributed by atoms with Crippen LogP contribution in [-0.4, -0.2) is 26.9 Å². The number of hydrogen-bond acceptors (Lipinski definition) is 4. The number of rotatable bonds is 5. The molecule has 9 heteroatoms. The number of sulfonamides is 1.